The normalized spacial score (nSPS) is 11.6. The van der Waals surface area contributed by atoms with E-state index in [0.717, 1.165) is 5.56 Å². The van der Waals surface area contributed by atoms with Crippen molar-refractivity contribution in [1.82, 2.24) is 10.6 Å². The average molecular weight is 307 g/mol. The number of aryl methyl sites for hydroxylation is 1. The third-order valence-corrected chi connectivity index (χ3v) is 2.93. The molecule has 4 N–H and O–H groups in total. The van der Waals surface area contributed by atoms with Crippen LogP contribution in [0.1, 0.15) is 19.4 Å². The van der Waals surface area contributed by atoms with Crippen molar-refractivity contribution in [3.05, 3.63) is 29.8 Å². The summed E-state index contributed by atoms with van der Waals surface area (Å²) in [7, 11) is 0. The molecule has 0 heterocycles. The van der Waals surface area contributed by atoms with E-state index in [2.05, 4.69) is 16.0 Å². The van der Waals surface area contributed by atoms with Crippen LogP contribution < -0.4 is 16.0 Å². The summed E-state index contributed by atoms with van der Waals surface area (Å²) in [5.74, 6) is -1.91. The zero-order valence-electron chi connectivity index (χ0n) is 12.8. The Balaban J connectivity index is 2.43. The highest BCUT2D eigenvalue weighted by atomic mass is 16.4. The molecule has 0 saturated carbocycles. The quantitative estimate of drug-likeness (QED) is 0.636. The third kappa shape index (κ3) is 5.82. The molecule has 0 aliphatic carbocycles. The van der Waals surface area contributed by atoms with E-state index in [1.165, 1.54) is 0 Å². The van der Waals surface area contributed by atoms with Crippen LogP contribution in [0.25, 0.3) is 0 Å². The Hall–Kier alpha value is -2.57. The second-order valence-corrected chi connectivity index (χ2v) is 5.30. The van der Waals surface area contributed by atoms with Crippen LogP contribution in [0.2, 0.25) is 0 Å². The van der Waals surface area contributed by atoms with Gasteiger partial charge in [-0.05, 0) is 30.5 Å². The number of nitrogens with one attached hydrogen (secondary N) is 3. The minimum absolute atomic E-state index is 0.248. The van der Waals surface area contributed by atoms with Crippen LogP contribution in [0.4, 0.5) is 10.5 Å². The molecule has 0 radical (unpaired) electrons. The van der Waals surface area contributed by atoms with Crippen molar-refractivity contribution in [2.45, 2.75) is 26.8 Å². The lowest BCUT2D eigenvalue weighted by atomic mass is 10.1. The maximum Gasteiger partial charge on any atom is 0.326 e. The van der Waals surface area contributed by atoms with Gasteiger partial charge in [0.25, 0.3) is 0 Å². The predicted octanol–water partition coefficient (Wildman–Crippen LogP) is 1.34. The molecule has 22 heavy (non-hydrogen) atoms. The van der Waals surface area contributed by atoms with Crippen molar-refractivity contribution in [2.75, 3.05) is 11.9 Å². The monoisotopic (exact) mass is 307 g/mol. The number of hydrogen-bond donors (Lipinski definition) is 4. The molecule has 0 aliphatic heterocycles. The maximum absolute atomic E-state index is 11.7. The van der Waals surface area contributed by atoms with Gasteiger partial charge < -0.3 is 21.1 Å². The fourth-order valence-electron chi connectivity index (χ4n) is 1.80. The van der Waals surface area contributed by atoms with E-state index in [1.807, 2.05) is 13.0 Å². The number of carbonyl (C=O) groups is 3. The molecule has 3 amide bonds. The Bertz CT molecular complexity index is 557. The SMILES string of the molecule is Cc1cccc(NC(=O)NCC(=O)N[C@@H](C(=O)O)C(C)C)c1. The molecular formula is C15H21N3O4. The zero-order valence-corrected chi connectivity index (χ0v) is 12.8. The van der Waals surface area contributed by atoms with Gasteiger partial charge in [0.1, 0.15) is 6.04 Å². The molecule has 120 valence electrons. The van der Waals surface area contributed by atoms with Crippen LogP contribution in [-0.4, -0.2) is 35.6 Å². The summed E-state index contributed by atoms with van der Waals surface area (Å²) in [6.07, 6.45) is 0. The van der Waals surface area contributed by atoms with Gasteiger partial charge >= 0.3 is 12.0 Å². The van der Waals surface area contributed by atoms with Gasteiger partial charge in [0.05, 0.1) is 6.54 Å². The first-order valence-electron chi connectivity index (χ1n) is 6.93. The second-order valence-electron chi connectivity index (χ2n) is 5.30. The van der Waals surface area contributed by atoms with E-state index in [4.69, 9.17) is 5.11 Å². The fraction of sp³-hybridized carbons (Fsp3) is 0.400. The number of benzene rings is 1. The number of carbonyl (C=O) groups excluding carboxylic acids is 2. The van der Waals surface area contributed by atoms with Gasteiger partial charge in [-0.15, -0.1) is 0 Å². The molecule has 0 bridgehead atoms. The molecule has 1 rings (SSSR count). The third-order valence-electron chi connectivity index (χ3n) is 2.93. The highest BCUT2D eigenvalue weighted by Gasteiger charge is 2.23. The molecule has 0 unspecified atom stereocenters. The van der Waals surface area contributed by atoms with Gasteiger partial charge in [0, 0.05) is 5.69 Å². The topological polar surface area (TPSA) is 108 Å². The van der Waals surface area contributed by atoms with Crippen LogP contribution in [0.3, 0.4) is 0 Å². The first-order valence-corrected chi connectivity index (χ1v) is 6.93. The summed E-state index contributed by atoms with van der Waals surface area (Å²) in [6.45, 7) is 4.98. The smallest absolute Gasteiger partial charge is 0.326 e. The van der Waals surface area contributed by atoms with E-state index >= 15 is 0 Å². The summed E-state index contributed by atoms with van der Waals surface area (Å²) in [6, 6.07) is 5.71. The zero-order chi connectivity index (χ0) is 16.7. The van der Waals surface area contributed by atoms with E-state index in [-0.39, 0.29) is 12.5 Å². The van der Waals surface area contributed by atoms with Gasteiger partial charge in [0.15, 0.2) is 0 Å². The molecule has 1 aromatic rings. The Morgan fingerprint density at radius 1 is 1.23 bits per heavy atom. The van der Waals surface area contributed by atoms with Gasteiger partial charge in [-0.2, -0.15) is 0 Å². The van der Waals surface area contributed by atoms with E-state index in [0.29, 0.717) is 5.69 Å². The summed E-state index contributed by atoms with van der Waals surface area (Å²) < 4.78 is 0. The summed E-state index contributed by atoms with van der Waals surface area (Å²) in [5, 5.41) is 16.3. The van der Waals surface area contributed by atoms with Gasteiger partial charge in [-0.25, -0.2) is 9.59 Å². The van der Waals surface area contributed by atoms with Gasteiger partial charge in [0.2, 0.25) is 5.91 Å². The lowest BCUT2D eigenvalue weighted by molar-refractivity contribution is -0.142. The molecule has 1 atom stereocenters. The minimum Gasteiger partial charge on any atom is -0.480 e. The van der Waals surface area contributed by atoms with Crippen molar-refractivity contribution in [1.29, 1.82) is 0 Å². The molecule has 7 nitrogen and oxygen atoms in total. The van der Waals surface area contributed by atoms with Crippen molar-refractivity contribution in [3.8, 4) is 0 Å². The van der Waals surface area contributed by atoms with Crippen LogP contribution in [-0.2, 0) is 9.59 Å². The molecule has 0 aromatic heterocycles. The maximum atomic E-state index is 11.7. The lowest BCUT2D eigenvalue weighted by Gasteiger charge is -2.18. The van der Waals surface area contributed by atoms with Gasteiger partial charge in [-0.3, -0.25) is 4.79 Å². The molecular weight excluding hydrogens is 286 g/mol. The molecule has 0 aliphatic rings. The molecule has 1 aromatic carbocycles. The van der Waals surface area contributed by atoms with Gasteiger partial charge in [-0.1, -0.05) is 26.0 Å². The van der Waals surface area contributed by atoms with Crippen LogP contribution in [0.15, 0.2) is 24.3 Å². The predicted molar refractivity (Wildman–Crippen MR) is 82.6 cm³/mol. The van der Waals surface area contributed by atoms with Crippen molar-refractivity contribution in [2.24, 2.45) is 5.92 Å². The number of carboxylic acid groups (broad SMARTS) is 1. The van der Waals surface area contributed by atoms with Crippen LogP contribution in [0.5, 0.6) is 0 Å². The standard InChI is InChI=1S/C15H21N3O4/c1-9(2)13(14(20)21)18-12(19)8-16-15(22)17-11-6-4-5-10(3)7-11/h4-7,9,13H,8H2,1-3H3,(H,18,19)(H,20,21)(H2,16,17,22)/t13-/m1/s1. The Labute approximate surface area is 129 Å². The number of anilines is 1. The highest BCUT2D eigenvalue weighted by Crippen LogP contribution is 2.08. The highest BCUT2D eigenvalue weighted by molar-refractivity contribution is 5.93. The average Bonchev–Trinajstić information content (AvgIpc) is 2.42. The summed E-state index contributed by atoms with van der Waals surface area (Å²) >= 11 is 0. The number of rotatable bonds is 6. The Kier molecular flexibility index (Phi) is 6.37. The van der Waals surface area contributed by atoms with Crippen molar-refractivity contribution < 1.29 is 19.5 Å². The van der Waals surface area contributed by atoms with E-state index < -0.39 is 23.9 Å². The fourth-order valence-corrected chi connectivity index (χ4v) is 1.80. The minimum atomic E-state index is -1.10. The number of hydrogen-bond acceptors (Lipinski definition) is 3. The molecule has 0 spiro atoms. The van der Waals surface area contributed by atoms with Crippen LogP contribution in [0, 0.1) is 12.8 Å². The molecule has 0 fully saturated rings. The first-order chi connectivity index (χ1) is 10.3. The number of carboxylic acids is 1. The summed E-state index contributed by atoms with van der Waals surface area (Å²) in [4.78, 5) is 34.3. The largest absolute Gasteiger partial charge is 0.480 e. The van der Waals surface area contributed by atoms with E-state index in [1.54, 1.807) is 32.0 Å². The van der Waals surface area contributed by atoms with Crippen LogP contribution >= 0.6 is 0 Å². The Morgan fingerprint density at radius 3 is 2.45 bits per heavy atom. The molecule has 7 heteroatoms. The number of amides is 3. The van der Waals surface area contributed by atoms with E-state index in [9.17, 15) is 14.4 Å². The van der Waals surface area contributed by atoms with Crippen molar-refractivity contribution >= 4 is 23.6 Å². The number of aliphatic carboxylic acids is 1. The summed E-state index contributed by atoms with van der Waals surface area (Å²) in [5.41, 5.74) is 1.61. The van der Waals surface area contributed by atoms with Crippen molar-refractivity contribution in [3.63, 3.8) is 0 Å². The second kappa shape index (κ2) is 8.02. The molecule has 0 saturated heterocycles. The number of urea groups is 1. The Morgan fingerprint density at radius 2 is 1.91 bits per heavy atom. The lowest BCUT2D eigenvalue weighted by Crippen LogP contribution is -2.48. The first kappa shape index (κ1) is 17.5.